The number of amides is 2. The van der Waals surface area contributed by atoms with Crippen LogP contribution in [0.15, 0.2) is 16.8 Å². The van der Waals surface area contributed by atoms with Crippen LogP contribution < -0.4 is 5.32 Å². The molecule has 0 bridgehead atoms. The molecule has 2 amide bonds. The van der Waals surface area contributed by atoms with E-state index in [0.717, 1.165) is 44.1 Å². The van der Waals surface area contributed by atoms with Crippen LogP contribution in [0.25, 0.3) is 0 Å². The monoisotopic (exact) mass is 392 g/mol. The Hall–Kier alpha value is -1.34. The Morgan fingerprint density at radius 1 is 1.19 bits per heavy atom. The zero-order valence-corrected chi connectivity index (χ0v) is 16.3. The van der Waals surface area contributed by atoms with Gasteiger partial charge in [0.05, 0.1) is 5.92 Å². The van der Waals surface area contributed by atoms with Crippen molar-refractivity contribution in [3.8, 4) is 0 Å². The van der Waals surface area contributed by atoms with Gasteiger partial charge in [-0.05, 0) is 48.1 Å². The topological polar surface area (TPSA) is 66.5 Å². The van der Waals surface area contributed by atoms with Crippen LogP contribution in [-0.2, 0) is 14.4 Å². The summed E-state index contributed by atoms with van der Waals surface area (Å²) in [7, 11) is 0. The Bertz CT molecular complexity index is 681. The van der Waals surface area contributed by atoms with Crippen molar-refractivity contribution in [1.82, 2.24) is 10.2 Å². The highest BCUT2D eigenvalue weighted by atomic mass is 32.2. The third-order valence-corrected chi connectivity index (χ3v) is 7.25. The molecule has 3 aliphatic rings. The lowest BCUT2D eigenvalue weighted by Crippen LogP contribution is -2.48. The van der Waals surface area contributed by atoms with E-state index in [2.05, 4.69) is 5.32 Å². The van der Waals surface area contributed by atoms with Gasteiger partial charge in [0.15, 0.2) is 5.12 Å². The largest absolute Gasteiger partial charge is 0.351 e. The highest BCUT2D eigenvalue weighted by Crippen LogP contribution is 2.39. The molecule has 7 heteroatoms. The summed E-state index contributed by atoms with van der Waals surface area (Å²) in [6.45, 7) is 0. The molecule has 2 atom stereocenters. The number of thioether (sulfide) groups is 1. The van der Waals surface area contributed by atoms with E-state index < -0.39 is 6.04 Å². The number of hydrogen-bond acceptors (Lipinski definition) is 5. The number of thiophene rings is 1. The van der Waals surface area contributed by atoms with E-state index >= 15 is 0 Å². The molecule has 2 aliphatic carbocycles. The maximum absolute atomic E-state index is 13.2. The van der Waals surface area contributed by atoms with Crippen LogP contribution in [0.5, 0.6) is 0 Å². The fraction of sp³-hybridized carbons (Fsp3) is 0.632. The van der Waals surface area contributed by atoms with Gasteiger partial charge in [-0.15, -0.1) is 0 Å². The van der Waals surface area contributed by atoms with Crippen LogP contribution in [0.1, 0.15) is 56.6 Å². The van der Waals surface area contributed by atoms with Crippen molar-refractivity contribution < 1.29 is 14.4 Å². The first-order chi connectivity index (χ1) is 12.6. The molecule has 3 fully saturated rings. The smallest absolute Gasteiger partial charge is 0.247 e. The minimum atomic E-state index is -0.567. The van der Waals surface area contributed by atoms with Gasteiger partial charge in [-0.1, -0.05) is 24.6 Å². The summed E-state index contributed by atoms with van der Waals surface area (Å²) in [5, 5.41) is 7.19. The normalized spacial score (nSPS) is 24.6. The van der Waals surface area contributed by atoms with E-state index in [0.29, 0.717) is 12.2 Å². The average molecular weight is 393 g/mol. The third kappa shape index (κ3) is 3.83. The Labute approximate surface area is 161 Å². The molecule has 1 aliphatic heterocycles. The van der Waals surface area contributed by atoms with Gasteiger partial charge in [0.1, 0.15) is 6.04 Å². The molecule has 0 spiro atoms. The Balaban J connectivity index is 1.58. The van der Waals surface area contributed by atoms with Crippen LogP contribution in [0, 0.1) is 5.92 Å². The molecule has 2 heterocycles. The van der Waals surface area contributed by atoms with Gasteiger partial charge in [-0.3, -0.25) is 14.4 Å². The molecule has 1 aromatic rings. The maximum Gasteiger partial charge on any atom is 0.247 e. The number of carbonyl (C=O) groups is 3. The standard InChI is InChI=1S/C19H24N2O3S2/c22-16-9-13(11-26-16)19(24)21(15-5-6-15)17(12-7-8-25-10-12)18(23)20-14-3-1-2-4-14/h7-8,10,13-15,17H,1-6,9,11H2,(H,20,23)/t13-,17-/m0/s1. The van der Waals surface area contributed by atoms with Crippen LogP contribution in [0.4, 0.5) is 0 Å². The molecule has 4 rings (SSSR count). The van der Waals surface area contributed by atoms with Crippen LogP contribution in [0.3, 0.4) is 0 Å². The van der Waals surface area contributed by atoms with Crippen molar-refractivity contribution in [1.29, 1.82) is 0 Å². The van der Waals surface area contributed by atoms with Crippen molar-refractivity contribution in [3.63, 3.8) is 0 Å². The summed E-state index contributed by atoms with van der Waals surface area (Å²) >= 11 is 2.79. The summed E-state index contributed by atoms with van der Waals surface area (Å²) in [6.07, 6.45) is 6.53. The van der Waals surface area contributed by atoms with E-state index in [4.69, 9.17) is 0 Å². The molecule has 0 radical (unpaired) electrons. The molecular formula is C19H24N2O3S2. The summed E-state index contributed by atoms with van der Waals surface area (Å²) in [5.41, 5.74) is 0.891. The fourth-order valence-electron chi connectivity index (χ4n) is 3.97. The SMILES string of the molecule is O=C1C[C@H](C(=O)N(C2CC2)[C@H](C(=O)NC2CCCC2)c2ccsc2)CS1. The summed E-state index contributed by atoms with van der Waals surface area (Å²) in [6, 6.07) is 1.73. The van der Waals surface area contributed by atoms with Gasteiger partial charge in [-0.2, -0.15) is 11.3 Å². The predicted molar refractivity (Wildman–Crippen MR) is 103 cm³/mol. The van der Waals surface area contributed by atoms with Crippen LogP contribution in [0.2, 0.25) is 0 Å². The molecule has 2 saturated carbocycles. The molecular weight excluding hydrogens is 368 g/mol. The second kappa shape index (κ2) is 7.72. The Kier molecular flexibility index (Phi) is 5.36. The molecule has 26 heavy (non-hydrogen) atoms. The first kappa shape index (κ1) is 18.0. The second-order valence-corrected chi connectivity index (χ2v) is 9.37. The zero-order chi connectivity index (χ0) is 18.1. The lowest BCUT2D eigenvalue weighted by molar-refractivity contribution is -0.144. The molecule has 5 nitrogen and oxygen atoms in total. The summed E-state index contributed by atoms with van der Waals surface area (Å²) in [5.74, 6) is 0.172. The number of hydrogen-bond donors (Lipinski definition) is 1. The minimum Gasteiger partial charge on any atom is -0.351 e. The lowest BCUT2D eigenvalue weighted by atomic mass is 10.0. The van der Waals surface area contributed by atoms with E-state index in [-0.39, 0.29) is 34.9 Å². The lowest BCUT2D eigenvalue weighted by Gasteiger charge is -2.33. The van der Waals surface area contributed by atoms with Crippen molar-refractivity contribution in [3.05, 3.63) is 22.4 Å². The summed E-state index contributed by atoms with van der Waals surface area (Å²) in [4.78, 5) is 39.9. The number of carbonyl (C=O) groups excluding carboxylic acids is 3. The van der Waals surface area contributed by atoms with E-state index in [1.54, 1.807) is 16.2 Å². The third-order valence-electron chi connectivity index (χ3n) is 5.49. The molecule has 1 aromatic heterocycles. The van der Waals surface area contributed by atoms with Gasteiger partial charge < -0.3 is 10.2 Å². The quantitative estimate of drug-likeness (QED) is 0.808. The first-order valence-electron chi connectivity index (χ1n) is 9.44. The highest BCUT2D eigenvalue weighted by molar-refractivity contribution is 8.14. The molecule has 1 N–H and O–H groups in total. The van der Waals surface area contributed by atoms with Gasteiger partial charge in [0.2, 0.25) is 11.8 Å². The van der Waals surface area contributed by atoms with Gasteiger partial charge in [0.25, 0.3) is 0 Å². The molecule has 0 aromatic carbocycles. The van der Waals surface area contributed by atoms with Crippen LogP contribution in [-0.4, -0.2) is 39.7 Å². The first-order valence-corrected chi connectivity index (χ1v) is 11.4. The second-order valence-electron chi connectivity index (χ2n) is 7.51. The summed E-state index contributed by atoms with van der Waals surface area (Å²) < 4.78 is 0. The highest BCUT2D eigenvalue weighted by Gasteiger charge is 2.45. The number of nitrogens with zero attached hydrogens (tertiary/aromatic N) is 1. The maximum atomic E-state index is 13.2. The number of rotatable bonds is 6. The van der Waals surface area contributed by atoms with Gasteiger partial charge in [0, 0.05) is 24.3 Å². The fourth-order valence-corrected chi connectivity index (χ4v) is 5.62. The van der Waals surface area contributed by atoms with Crippen molar-refractivity contribution in [2.24, 2.45) is 5.92 Å². The van der Waals surface area contributed by atoms with E-state index in [9.17, 15) is 14.4 Å². The van der Waals surface area contributed by atoms with Crippen molar-refractivity contribution >= 4 is 40.0 Å². The van der Waals surface area contributed by atoms with E-state index in [1.807, 2.05) is 16.8 Å². The molecule has 0 unspecified atom stereocenters. The van der Waals surface area contributed by atoms with Crippen molar-refractivity contribution in [2.75, 3.05) is 5.75 Å². The van der Waals surface area contributed by atoms with Crippen molar-refractivity contribution in [2.45, 2.75) is 63.1 Å². The van der Waals surface area contributed by atoms with Gasteiger partial charge >= 0.3 is 0 Å². The number of nitrogens with one attached hydrogen (secondary N) is 1. The van der Waals surface area contributed by atoms with Crippen LogP contribution >= 0.6 is 23.1 Å². The van der Waals surface area contributed by atoms with E-state index in [1.165, 1.54) is 11.8 Å². The molecule has 1 saturated heterocycles. The predicted octanol–water partition coefficient (Wildman–Crippen LogP) is 3.12. The minimum absolute atomic E-state index is 0.0244. The zero-order valence-electron chi connectivity index (χ0n) is 14.7. The average Bonchev–Trinajstić information content (AvgIpc) is 3.04. The molecule has 140 valence electrons. The Morgan fingerprint density at radius 2 is 1.96 bits per heavy atom. The Morgan fingerprint density at radius 3 is 2.54 bits per heavy atom. The van der Waals surface area contributed by atoms with Gasteiger partial charge in [-0.25, -0.2) is 0 Å².